The summed E-state index contributed by atoms with van der Waals surface area (Å²) in [5, 5.41) is 11.2. The molecule has 0 radical (unpaired) electrons. The molecule has 0 aliphatic rings. The predicted octanol–water partition coefficient (Wildman–Crippen LogP) is 2.12. The first-order valence-corrected chi connectivity index (χ1v) is 4.28. The molecule has 0 aliphatic heterocycles. The van der Waals surface area contributed by atoms with Crippen LogP contribution >= 0.6 is 0 Å². The summed E-state index contributed by atoms with van der Waals surface area (Å²) >= 11 is 0. The third-order valence-electron chi connectivity index (χ3n) is 1.42. The van der Waals surface area contributed by atoms with Crippen LogP contribution < -0.4 is 5.73 Å². The van der Waals surface area contributed by atoms with E-state index in [9.17, 15) is 0 Å². The van der Waals surface area contributed by atoms with Crippen LogP contribution in [0.3, 0.4) is 0 Å². The van der Waals surface area contributed by atoms with Crippen molar-refractivity contribution in [2.24, 2.45) is 10.9 Å². The van der Waals surface area contributed by atoms with Gasteiger partial charge in [-0.2, -0.15) is 0 Å². The predicted molar refractivity (Wildman–Crippen MR) is 55.0 cm³/mol. The second-order valence-electron chi connectivity index (χ2n) is 2.35. The summed E-state index contributed by atoms with van der Waals surface area (Å²) in [6.07, 6.45) is 0. The lowest BCUT2D eigenvalue weighted by atomic mass is 10.1. The molecule has 1 rings (SSSR count). The van der Waals surface area contributed by atoms with E-state index < -0.39 is 0 Å². The Bertz CT molecular complexity index is 282. The number of hydrogen-bond acceptors (Lipinski definition) is 2. The van der Waals surface area contributed by atoms with Gasteiger partial charge in [0.25, 0.3) is 0 Å². The summed E-state index contributed by atoms with van der Waals surface area (Å²) in [6, 6.07) is 7.47. The van der Waals surface area contributed by atoms with Crippen molar-refractivity contribution in [3.8, 4) is 0 Å². The van der Waals surface area contributed by atoms with Crippen LogP contribution in [0.4, 0.5) is 0 Å². The molecule has 0 fully saturated rings. The fourth-order valence-electron chi connectivity index (χ4n) is 0.862. The first-order valence-electron chi connectivity index (χ1n) is 4.28. The highest BCUT2D eigenvalue weighted by Gasteiger charge is 1.96. The largest absolute Gasteiger partial charge is 0.409 e. The standard InChI is InChI=1S/C8H10N2O.C2H6/c1-6-3-2-4-7(5-6)8(9)10-11;1-2/h2-5,11H,1H3,(H2,9,10);1-2H3. The van der Waals surface area contributed by atoms with Gasteiger partial charge >= 0.3 is 0 Å². The number of rotatable bonds is 1. The van der Waals surface area contributed by atoms with E-state index in [1.807, 2.05) is 39.0 Å². The molecule has 0 aliphatic carbocycles. The Balaban J connectivity index is 0.000000671. The average Bonchev–Trinajstić information content (AvgIpc) is 2.20. The quantitative estimate of drug-likeness (QED) is 0.301. The summed E-state index contributed by atoms with van der Waals surface area (Å²) in [5.74, 6) is 0.147. The zero-order valence-electron chi connectivity index (χ0n) is 8.28. The van der Waals surface area contributed by atoms with Crippen molar-refractivity contribution in [1.82, 2.24) is 0 Å². The van der Waals surface area contributed by atoms with Gasteiger partial charge in [0, 0.05) is 5.56 Å². The Morgan fingerprint density at radius 1 is 1.38 bits per heavy atom. The Kier molecular flexibility index (Phi) is 5.35. The van der Waals surface area contributed by atoms with E-state index in [0.29, 0.717) is 0 Å². The number of aryl methyl sites for hydroxylation is 1. The zero-order chi connectivity index (χ0) is 10.3. The Morgan fingerprint density at radius 3 is 2.46 bits per heavy atom. The summed E-state index contributed by atoms with van der Waals surface area (Å²) in [6.45, 7) is 5.95. The topological polar surface area (TPSA) is 58.6 Å². The molecule has 0 spiro atoms. The van der Waals surface area contributed by atoms with E-state index in [-0.39, 0.29) is 5.84 Å². The van der Waals surface area contributed by atoms with Crippen LogP contribution in [-0.2, 0) is 0 Å². The molecule has 1 aromatic carbocycles. The van der Waals surface area contributed by atoms with Gasteiger partial charge < -0.3 is 10.9 Å². The van der Waals surface area contributed by atoms with Crippen LogP contribution in [-0.4, -0.2) is 11.0 Å². The van der Waals surface area contributed by atoms with E-state index >= 15 is 0 Å². The summed E-state index contributed by atoms with van der Waals surface area (Å²) < 4.78 is 0. The molecule has 0 unspecified atom stereocenters. The second kappa shape index (κ2) is 6.06. The van der Waals surface area contributed by atoms with Crippen LogP contribution in [0, 0.1) is 6.92 Å². The highest BCUT2D eigenvalue weighted by molar-refractivity contribution is 5.97. The first-order chi connectivity index (χ1) is 6.24. The number of amidine groups is 1. The van der Waals surface area contributed by atoms with E-state index in [2.05, 4.69) is 5.16 Å². The first kappa shape index (κ1) is 11.5. The zero-order valence-corrected chi connectivity index (χ0v) is 8.28. The van der Waals surface area contributed by atoms with Gasteiger partial charge in [0.1, 0.15) is 0 Å². The molecule has 72 valence electrons. The molecule has 0 heterocycles. The van der Waals surface area contributed by atoms with Crippen molar-refractivity contribution in [2.75, 3.05) is 0 Å². The maximum Gasteiger partial charge on any atom is 0.170 e. The molecular weight excluding hydrogens is 164 g/mol. The van der Waals surface area contributed by atoms with Crippen LogP contribution in [0.1, 0.15) is 25.0 Å². The summed E-state index contributed by atoms with van der Waals surface area (Å²) in [4.78, 5) is 0. The van der Waals surface area contributed by atoms with E-state index in [0.717, 1.165) is 11.1 Å². The molecule has 0 atom stereocenters. The minimum absolute atomic E-state index is 0.147. The molecule has 13 heavy (non-hydrogen) atoms. The van der Waals surface area contributed by atoms with Crippen LogP contribution in [0.15, 0.2) is 29.4 Å². The van der Waals surface area contributed by atoms with Gasteiger partial charge in [0.05, 0.1) is 0 Å². The van der Waals surface area contributed by atoms with E-state index in [1.165, 1.54) is 0 Å². The van der Waals surface area contributed by atoms with E-state index in [4.69, 9.17) is 10.9 Å². The highest BCUT2D eigenvalue weighted by atomic mass is 16.4. The lowest BCUT2D eigenvalue weighted by Crippen LogP contribution is -2.12. The van der Waals surface area contributed by atoms with Gasteiger partial charge in [-0.15, -0.1) is 0 Å². The van der Waals surface area contributed by atoms with Crippen molar-refractivity contribution in [2.45, 2.75) is 20.8 Å². The molecule has 0 saturated heterocycles. The number of benzene rings is 1. The van der Waals surface area contributed by atoms with Crippen molar-refractivity contribution in [3.63, 3.8) is 0 Å². The van der Waals surface area contributed by atoms with E-state index in [1.54, 1.807) is 6.07 Å². The van der Waals surface area contributed by atoms with Crippen molar-refractivity contribution in [3.05, 3.63) is 35.4 Å². The SMILES string of the molecule is CC.Cc1cccc(/C(N)=N/O)c1. The number of nitrogens with zero attached hydrogens (tertiary/aromatic N) is 1. The fourth-order valence-corrected chi connectivity index (χ4v) is 0.862. The van der Waals surface area contributed by atoms with Gasteiger partial charge in [-0.05, 0) is 13.0 Å². The lowest BCUT2D eigenvalue weighted by Gasteiger charge is -1.98. The molecule has 3 heteroatoms. The van der Waals surface area contributed by atoms with Gasteiger partial charge in [-0.1, -0.05) is 42.8 Å². The van der Waals surface area contributed by atoms with Gasteiger partial charge in [-0.25, -0.2) is 0 Å². The van der Waals surface area contributed by atoms with Crippen LogP contribution in [0.2, 0.25) is 0 Å². The highest BCUT2D eigenvalue weighted by Crippen LogP contribution is 2.02. The number of hydrogen-bond donors (Lipinski definition) is 2. The lowest BCUT2D eigenvalue weighted by molar-refractivity contribution is 0.318. The molecule has 1 aromatic rings. The second-order valence-corrected chi connectivity index (χ2v) is 2.35. The van der Waals surface area contributed by atoms with Gasteiger partial charge in [-0.3, -0.25) is 0 Å². The molecule has 0 aromatic heterocycles. The van der Waals surface area contributed by atoms with Crippen LogP contribution in [0.25, 0.3) is 0 Å². The maximum absolute atomic E-state index is 8.34. The van der Waals surface area contributed by atoms with Gasteiger partial charge in [0.2, 0.25) is 0 Å². The van der Waals surface area contributed by atoms with Crippen molar-refractivity contribution >= 4 is 5.84 Å². The minimum Gasteiger partial charge on any atom is -0.409 e. The molecule has 0 saturated carbocycles. The van der Waals surface area contributed by atoms with Gasteiger partial charge in [0.15, 0.2) is 5.84 Å². The van der Waals surface area contributed by atoms with Crippen molar-refractivity contribution in [1.29, 1.82) is 0 Å². The summed E-state index contributed by atoms with van der Waals surface area (Å²) in [7, 11) is 0. The monoisotopic (exact) mass is 180 g/mol. The molecular formula is C10H16N2O. The molecule has 0 bridgehead atoms. The Morgan fingerprint density at radius 2 is 2.00 bits per heavy atom. The molecule has 3 N–H and O–H groups in total. The third kappa shape index (κ3) is 3.60. The minimum atomic E-state index is 0.147. The smallest absolute Gasteiger partial charge is 0.170 e. The Labute approximate surface area is 78.9 Å². The normalized spacial score (nSPS) is 10.2. The number of oxime groups is 1. The van der Waals surface area contributed by atoms with Crippen molar-refractivity contribution < 1.29 is 5.21 Å². The fraction of sp³-hybridized carbons (Fsp3) is 0.300. The summed E-state index contributed by atoms with van der Waals surface area (Å²) in [5.41, 5.74) is 7.20. The maximum atomic E-state index is 8.34. The molecule has 3 nitrogen and oxygen atoms in total. The van der Waals surface area contributed by atoms with Crippen LogP contribution in [0.5, 0.6) is 0 Å². The molecule has 0 amide bonds. The Hall–Kier alpha value is -1.51. The number of nitrogens with two attached hydrogens (primary N) is 1. The third-order valence-corrected chi connectivity index (χ3v) is 1.42. The average molecular weight is 180 g/mol.